The third-order valence-corrected chi connectivity index (χ3v) is 5.65. The van der Waals surface area contributed by atoms with Gasteiger partial charge in [0.05, 0.1) is 11.5 Å². The first-order valence-corrected chi connectivity index (χ1v) is 9.95. The molecule has 0 radical (unpaired) electrons. The van der Waals surface area contributed by atoms with Gasteiger partial charge in [-0.1, -0.05) is 11.6 Å². The van der Waals surface area contributed by atoms with E-state index >= 15 is 0 Å². The molecular weight excluding hydrogens is 392 g/mol. The van der Waals surface area contributed by atoms with E-state index < -0.39 is 0 Å². The van der Waals surface area contributed by atoms with Crippen molar-refractivity contribution >= 4 is 35.0 Å². The smallest absolute Gasteiger partial charge is 0.255 e. The highest BCUT2D eigenvalue weighted by Gasteiger charge is 2.38. The molecule has 0 unspecified atom stereocenters. The predicted molar refractivity (Wildman–Crippen MR) is 109 cm³/mol. The molecule has 0 N–H and O–H groups in total. The van der Waals surface area contributed by atoms with Crippen LogP contribution in [0.25, 0.3) is 0 Å². The van der Waals surface area contributed by atoms with Crippen molar-refractivity contribution in [3.05, 3.63) is 59.4 Å². The number of carbonyl (C=O) groups is 3. The molecule has 29 heavy (non-hydrogen) atoms. The second-order valence-corrected chi connectivity index (χ2v) is 7.68. The molecular formula is C21H21ClN4O3. The highest BCUT2D eigenvalue weighted by Crippen LogP contribution is 2.27. The third kappa shape index (κ3) is 4.10. The molecule has 0 spiro atoms. The van der Waals surface area contributed by atoms with Crippen molar-refractivity contribution in [1.82, 2.24) is 14.8 Å². The summed E-state index contributed by atoms with van der Waals surface area (Å²) in [4.78, 5) is 47.0. The molecule has 2 aliphatic heterocycles. The summed E-state index contributed by atoms with van der Waals surface area (Å²) >= 11 is 5.91. The average Bonchev–Trinajstić information content (AvgIpc) is 3.15. The molecule has 2 saturated heterocycles. The van der Waals surface area contributed by atoms with Crippen molar-refractivity contribution in [3.63, 3.8) is 0 Å². The van der Waals surface area contributed by atoms with E-state index in [0.717, 1.165) is 5.69 Å². The summed E-state index contributed by atoms with van der Waals surface area (Å²) in [7, 11) is 0. The molecule has 8 heteroatoms. The van der Waals surface area contributed by atoms with Crippen molar-refractivity contribution in [3.8, 4) is 0 Å². The van der Waals surface area contributed by atoms with Crippen LogP contribution in [-0.2, 0) is 9.59 Å². The molecule has 1 aromatic heterocycles. The zero-order valence-corrected chi connectivity index (χ0v) is 16.6. The van der Waals surface area contributed by atoms with Crippen LogP contribution in [0.3, 0.4) is 0 Å². The van der Waals surface area contributed by atoms with Crippen molar-refractivity contribution < 1.29 is 14.4 Å². The molecule has 2 aliphatic rings. The average molecular weight is 413 g/mol. The molecule has 1 aromatic carbocycles. The molecule has 3 amide bonds. The second kappa shape index (κ2) is 8.21. The lowest BCUT2D eigenvalue weighted by atomic mass is 10.1. The Morgan fingerprint density at radius 2 is 1.69 bits per heavy atom. The Hall–Kier alpha value is -2.93. The van der Waals surface area contributed by atoms with Crippen LogP contribution in [0.1, 0.15) is 16.8 Å². The third-order valence-electron chi connectivity index (χ3n) is 5.40. The lowest BCUT2D eigenvalue weighted by Crippen LogP contribution is -2.52. The highest BCUT2D eigenvalue weighted by atomic mass is 35.5. The van der Waals surface area contributed by atoms with Crippen LogP contribution in [0.2, 0.25) is 5.02 Å². The Morgan fingerprint density at radius 3 is 2.34 bits per heavy atom. The van der Waals surface area contributed by atoms with Gasteiger partial charge in [-0.25, -0.2) is 0 Å². The number of pyridine rings is 1. The maximum absolute atomic E-state index is 12.9. The number of nitrogens with zero attached hydrogens (tertiary/aromatic N) is 4. The fourth-order valence-corrected chi connectivity index (χ4v) is 3.93. The molecule has 2 fully saturated rings. The molecule has 0 aliphatic carbocycles. The summed E-state index contributed by atoms with van der Waals surface area (Å²) in [5, 5.41) is 0.603. The van der Waals surface area contributed by atoms with E-state index in [1.807, 2.05) is 0 Å². The monoisotopic (exact) mass is 412 g/mol. The van der Waals surface area contributed by atoms with Gasteiger partial charge in [0.2, 0.25) is 11.8 Å². The number of carbonyl (C=O) groups excluding carboxylic acids is 3. The van der Waals surface area contributed by atoms with Crippen LogP contribution in [0.5, 0.6) is 0 Å². The Bertz CT molecular complexity index is 911. The van der Waals surface area contributed by atoms with E-state index in [4.69, 9.17) is 11.6 Å². The van der Waals surface area contributed by atoms with Crippen LogP contribution in [-0.4, -0.2) is 65.2 Å². The number of benzene rings is 1. The standard InChI is InChI=1S/C21H21ClN4O3/c22-17-3-5-18(6-4-17)26-14-16(12-19(26)27)21(29)25-10-8-24(9-11-25)20(28)15-2-1-7-23-13-15/h1-7,13,16H,8-12,14H2/t16-/m1/s1. The number of anilines is 1. The van der Waals surface area contributed by atoms with Crippen molar-refractivity contribution in [1.29, 1.82) is 0 Å². The molecule has 0 saturated carbocycles. The largest absolute Gasteiger partial charge is 0.339 e. The maximum atomic E-state index is 12.9. The van der Waals surface area contributed by atoms with Gasteiger partial charge in [0.1, 0.15) is 0 Å². The van der Waals surface area contributed by atoms with Crippen molar-refractivity contribution in [2.24, 2.45) is 5.92 Å². The van der Waals surface area contributed by atoms with Crippen molar-refractivity contribution in [2.45, 2.75) is 6.42 Å². The van der Waals surface area contributed by atoms with Gasteiger partial charge in [-0.2, -0.15) is 0 Å². The van der Waals surface area contributed by atoms with Crippen LogP contribution in [0.15, 0.2) is 48.8 Å². The van der Waals surface area contributed by atoms with Gasteiger partial charge in [-0.05, 0) is 36.4 Å². The minimum atomic E-state index is -0.362. The number of amides is 3. The maximum Gasteiger partial charge on any atom is 0.255 e. The summed E-state index contributed by atoms with van der Waals surface area (Å²) in [6.07, 6.45) is 3.38. The SMILES string of the molecule is O=C(c1cccnc1)N1CCN(C(=O)[C@@H]2CC(=O)N(c3ccc(Cl)cc3)C2)CC1. The molecule has 4 rings (SSSR count). The zero-order chi connectivity index (χ0) is 20.4. The Morgan fingerprint density at radius 1 is 1.00 bits per heavy atom. The summed E-state index contributed by atoms with van der Waals surface area (Å²) in [5.41, 5.74) is 1.30. The van der Waals surface area contributed by atoms with Crippen LogP contribution >= 0.6 is 11.6 Å². The van der Waals surface area contributed by atoms with E-state index in [9.17, 15) is 14.4 Å². The molecule has 3 heterocycles. The summed E-state index contributed by atoms with van der Waals surface area (Å²) in [6.45, 7) is 2.25. The normalized spacial score (nSPS) is 19.6. The van der Waals surface area contributed by atoms with Gasteiger partial charge >= 0.3 is 0 Å². The summed E-state index contributed by atoms with van der Waals surface area (Å²) in [5.74, 6) is -0.520. The van der Waals surface area contributed by atoms with E-state index in [1.165, 1.54) is 0 Å². The molecule has 150 valence electrons. The van der Waals surface area contributed by atoms with E-state index in [2.05, 4.69) is 4.98 Å². The van der Waals surface area contributed by atoms with Gasteiger partial charge in [-0.3, -0.25) is 19.4 Å². The van der Waals surface area contributed by atoms with Crippen LogP contribution in [0.4, 0.5) is 5.69 Å². The van der Waals surface area contributed by atoms with E-state index in [1.54, 1.807) is 63.5 Å². The number of rotatable bonds is 3. The molecule has 7 nitrogen and oxygen atoms in total. The second-order valence-electron chi connectivity index (χ2n) is 7.24. The first kappa shape index (κ1) is 19.4. The van der Waals surface area contributed by atoms with Gasteiger partial charge < -0.3 is 14.7 Å². The van der Waals surface area contributed by atoms with Gasteiger partial charge in [0.25, 0.3) is 5.91 Å². The minimum absolute atomic E-state index is 0.0247. The summed E-state index contributed by atoms with van der Waals surface area (Å²) in [6, 6.07) is 10.5. The van der Waals surface area contributed by atoms with Crippen LogP contribution in [0, 0.1) is 5.92 Å². The number of hydrogen-bond acceptors (Lipinski definition) is 4. The summed E-state index contributed by atoms with van der Waals surface area (Å²) < 4.78 is 0. The van der Waals surface area contributed by atoms with Crippen molar-refractivity contribution in [2.75, 3.05) is 37.6 Å². The fraction of sp³-hybridized carbons (Fsp3) is 0.333. The first-order chi connectivity index (χ1) is 14.0. The predicted octanol–water partition coefficient (Wildman–Crippen LogP) is 2.07. The Kier molecular flexibility index (Phi) is 5.49. The van der Waals surface area contributed by atoms with Gasteiger partial charge in [-0.15, -0.1) is 0 Å². The lowest BCUT2D eigenvalue weighted by molar-refractivity contribution is -0.137. The number of hydrogen-bond donors (Lipinski definition) is 0. The minimum Gasteiger partial charge on any atom is -0.339 e. The first-order valence-electron chi connectivity index (χ1n) is 9.57. The number of piperazine rings is 1. The zero-order valence-electron chi connectivity index (χ0n) is 15.8. The number of halogens is 1. The Labute approximate surface area is 173 Å². The van der Waals surface area contributed by atoms with Crippen LogP contribution < -0.4 is 4.90 Å². The Balaban J connectivity index is 1.34. The van der Waals surface area contributed by atoms with E-state index in [-0.39, 0.29) is 30.1 Å². The number of aromatic nitrogens is 1. The van der Waals surface area contributed by atoms with E-state index in [0.29, 0.717) is 43.3 Å². The molecule has 2 aromatic rings. The van der Waals surface area contributed by atoms with Gasteiger partial charge in [0, 0.05) is 62.2 Å². The lowest BCUT2D eigenvalue weighted by Gasteiger charge is -2.35. The topological polar surface area (TPSA) is 73.8 Å². The highest BCUT2D eigenvalue weighted by molar-refractivity contribution is 6.30. The fourth-order valence-electron chi connectivity index (χ4n) is 3.80. The van der Waals surface area contributed by atoms with Gasteiger partial charge in [0.15, 0.2) is 0 Å². The quantitative estimate of drug-likeness (QED) is 0.773. The molecule has 1 atom stereocenters. The molecule has 0 bridgehead atoms.